The first kappa shape index (κ1) is 18.1. The Balaban J connectivity index is 2.82. The lowest BCUT2D eigenvalue weighted by atomic mass is 10.1. The van der Waals surface area contributed by atoms with E-state index in [0.717, 1.165) is 12.1 Å². The highest BCUT2D eigenvalue weighted by Crippen LogP contribution is 2.26. The Morgan fingerprint density at radius 3 is 2.45 bits per heavy atom. The van der Waals surface area contributed by atoms with Gasteiger partial charge in [-0.25, -0.2) is 4.79 Å². The molecule has 0 radical (unpaired) electrons. The highest BCUT2D eigenvalue weighted by molar-refractivity contribution is 5.68. The molecular weight excluding hydrogens is 303 g/mol. The molecule has 0 aliphatic carbocycles. The first-order valence-corrected chi connectivity index (χ1v) is 6.45. The molecular formula is C14H18F3NO4. The molecule has 0 saturated heterocycles. The molecule has 2 N–H and O–H groups in total. The minimum atomic E-state index is -4.82. The van der Waals surface area contributed by atoms with Crippen molar-refractivity contribution in [3.05, 3.63) is 29.8 Å². The van der Waals surface area contributed by atoms with E-state index in [4.69, 9.17) is 4.74 Å². The van der Waals surface area contributed by atoms with Gasteiger partial charge in [-0.1, -0.05) is 12.1 Å². The highest BCUT2D eigenvalue weighted by atomic mass is 19.4. The summed E-state index contributed by atoms with van der Waals surface area (Å²) in [6, 6.07) is 4.90. The fraction of sp³-hybridized carbons (Fsp3) is 0.500. The maximum Gasteiger partial charge on any atom is 0.573 e. The van der Waals surface area contributed by atoms with Crippen molar-refractivity contribution in [3.63, 3.8) is 0 Å². The van der Waals surface area contributed by atoms with E-state index in [1.54, 1.807) is 20.8 Å². The number of carbonyl (C=O) groups is 1. The molecule has 0 aliphatic heterocycles. The second-order valence-electron chi connectivity index (χ2n) is 5.57. The first-order valence-electron chi connectivity index (χ1n) is 6.45. The van der Waals surface area contributed by atoms with Gasteiger partial charge >= 0.3 is 12.5 Å². The number of hydrogen-bond acceptors (Lipinski definition) is 4. The van der Waals surface area contributed by atoms with Crippen LogP contribution in [0, 0.1) is 0 Å². The third-order valence-corrected chi connectivity index (χ3v) is 2.36. The van der Waals surface area contributed by atoms with Crippen molar-refractivity contribution in [3.8, 4) is 5.75 Å². The van der Waals surface area contributed by atoms with Crippen molar-refractivity contribution in [1.29, 1.82) is 0 Å². The van der Waals surface area contributed by atoms with E-state index in [1.165, 1.54) is 12.1 Å². The van der Waals surface area contributed by atoms with Crippen molar-refractivity contribution in [1.82, 2.24) is 5.32 Å². The summed E-state index contributed by atoms with van der Waals surface area (Å²) in [7, 11) is 0. The number of halogens is 3. The number of amides is 1. The molecule has 0 spiro atoms. The summed E-state index contributed by atoms with van der Waals surface area (Å²) in [5.41, 5.74) is -0.355. The van der Waals surface area contributed by atoms with Gasteiger partial charge in [0.15, 0.2) is 6.10 Å². The number of rotatable bonds is 4. The average Bonchev–Trinajstić information content (AvgIpc) is 2.32. The van der Waals surface area contributed by atoms with Gasteiger partial charge in [-0.2, -0.15) is 0 Å². The number of aliphatic hydroxyl groups is 1. The van der Waals surface area contributed by atoms with Crippen LogP contribution in [0.3, 0.4) is 0 Å². The third kappa shape index (κ3) is 6.66. The molecule has 1 aromatic carbocycles. The van der Waals surface area contributed by atoms with Crippen LogP contribution in [0.2, 0.25) is 0 Å². The van der Waals surface area contributed by atoms with E-state index in [9.17, 15) is 23.1 Å². The summed E-state index contributed by atoms with van der Waals surface area (Å²) >= 11 is 0. The summed E-state index contributed by atoms with van der Waals surface area (Å²) in [6.45, 7) is 4.63. The maximum absolute atomic E-state index is 12.2. The lowest BCUT2D eigenvalue weighted by Crippen LogP contribution is -2.41. The van der Waals surface area contributed by atoms with Crippen LogP contribution < -0.4 is 10.1 Å². The van der Waals surface area contributed by atoms with Crippen molar-refractivity contribution in [2.24, 2.45) is 0 Å². The zero-order valence-electron chi connectivity index (χ0n) is 12.4. The van der Waals surface area contributed by atoms with Crippen LogP contribution in [-0.4, -0.2) is 29.7 Å². The van der Waals surface area contributed by atoms with Crippen molar-refractivity contribution >= 4 is 6.09 Å². The Morgan fingerprint density at radius 2 is 1.95 bits per heavy atom. The number of hydrogen-bond donors (Lipinski definition) is 2. The second-order valence-corrected chi connectivity index (χ2v) is 5.57. The molecule has 5 nitrogen and oxygen atoms in total. The summed E-state index contributed by atoms with van der Waals surface area (Å²) in [5, 5.41) is 11.8. The van der Waals surface area contributed by atoms with E-state index in [-0.39, 0.29) is 5.56 Å². The van der Waals surface area contributed by atoms with Crippen LogP contribution in [-0.2, 0) is 4.74 Å². The predicted molar refractivity (Wildman–Crippen MR) is 72.3 cm³/mol. The third-order valence-electron chi connectivity index (χ3n) is 2.36. The van der Waals surface area contributed by atoms with E-state index >= 15 is 0 Å². The van der Waals surface area contributed by atoms with E-state index < -0.39 is 36.5 Å². The van der Waals surface area contributed by atoms with E-state index in [0.29, 0.717) is 0 Å². The van der Waals surface area contributed by atoms with Gasteiger partial charge in [0.25, 0.3) is 0 Å². The molecule has 0 unspecified atom stereocenters. The van der Waals surface area contributed by atoms with Crippen molar-refractivity contribution in [2.45, 2.75) is 38.8 Å². The van der Waals surface area contributed by atoms with Crippen molar-refractivity contribution in [2.75, 3.05) is 6.61 Å². The summed E-state index contributed by atoms with van der Waals surface area (Å²) in [6.07, 6.45) is -6.70. The number of alkyl carbamates (subject to hydrolysis) is 1. The van der Waals surface area contributed by atoms with Crippen molar-refractivity contribution < 1.29 is 32.5 Å². The number of carbonyl (C=O) groups excluding carboxylic acids is 1. The number of benzene rings is 1. The van der Waals surface area contributed by atoms with Gasteiger partial charge in [0, 0.05) is 5.54 Å². The molecule has 0 saturated carbocycles. The van der Waals surface area contributed by atoms with Gasteiger partial charge in [-0.15, -0.1) is 13.2 Å². The summed E-state index contributed by atoms with van der Waals surface area (Å²) < 4.78 is 45.3. The summed E-state index contributed by atoms with van der Waals surface area (Å²) in [4.78, 5) is 11.7. The Labute approximate surface area is 126 Å². The van der Waals surface area contributed by atoms with Gasteiger partial charge in [0.2, 0.25) is 0 Å². The van der Waals surface area contributed by atoms with Crippen LogP contribution in [0.1, 0.15) is 32.4 Å². The smallest absolute Gasteiger partial charge is 0.439 e. The standard InChI is InChI=1S/C14H18F3NO4/c1-13(2,3)18-12(20)21-11(8-19)9-5-4-6-10(7-9)22-14(15,16)17/h4-7,11,19H,8H2,1-3H3,(H,18,20)/t11-/m0/s1. The van der Waals surface area contributed by atoms with Gasteiger partial charge in [-0.05, 0) is 38.5 Å². The van der Waals surface area contributed by atoms with Gasteiger partial charge in [-0.3, -0.25) is 0 Å². The molecule has 0 aliphatic rings. The SMILES string of the molecule is CC(C)(C)NC(=O)O[C@@H](CO)c1cccc(OC(F)(F)F)c1. The van der Waals surface area contributed by atoms with Gasteiger partial charge in [0.05, 0.1) is 6.61 Å². The molecule has 1 aromatic rings. The highest BCUT2D eigenvalue weighted by Gasteiger charge is 2.31. The number of alkyl halides is 3. The Kier molecular flexibility index (Phi) is 5.65. The fourth-order valence-corrected chi connectivity index (χ4v) is 1.59. The zero-order chi connectivity index (χ0) is 17.0. The number of ether oxygens (including phenoxy) is 2. The Morgan fingerprint density at radius 1 is 1.32 bits per heavy atom. The first-order chi connectivity index (χ1) is 10.00. The monoisotopic (exact) mass is 321 g/mol. The molecule has 0 heterocycles. The lowest BCUT2D eigenvalue weighted by molar-refractivity contribution is -0.274. The minimum Gasteiger partial charge on any atom is -0.439 e. The van der Waals surface area contributed by atoms with E-state index in [2.05, 4.69) is 10.1 Å². The molecule has 124 valence electrons. The van der Waals surface area contributed by atoms with Crippen LogP contribution in [0.15, 0.2) is 24.3 Å². The normalized spacial score (nSPS) is 13.4. The molecule has 22 heavy (non-hydrogen) atoms. The van der Waals surface area contributed by atoms with Gasteiger partial charge < -0.3 is 19.9 Å². The van der Waals surface area contributed by atoms with Gasteiger partial charge in [0.1, 0.15) is 5.75 Å². The molecule has 0 fully saturated rings. The maximum atomic E-state index is 12.2. The summed E-state index contributed by atoms with van der Waals surface area (Å²) in [5.74, 6) is -0.455. The van der Waals surface area contributed by atoms with Crippen LogP contribution in [0.5, 0.6) is 5.75 Å². The Bertz CT molecular complexity index is 512. The lowest BCUT2D eigenvalue weighted by Gasteiger charge is -2.23. The van der Waals surface area contributed by atoms with E-state index in [1.807, 2.05) is 0 Å². The zero-order valence-corrected chi connectivity index (χ0v) is 12.4. The fourth-order valence-electron chi connectivity index (χ4n) is 1.59. The van der Waals surface area contributed by atoms with Crippen LogP contribution >= 0.6 is 0 Å². The topological polar surface area (TPSA) is 67.8 Å². The second kappa shape index (κ2) is 6.87. The number of nitrogens with one attached hydrogen (secondary N) is 1. The van der Waals surface area contributed by atoms with Crippen LogP contribution in [0.25, 0.3) is 0 Å². The Hall–Kier alpha value is -1.96. The minimum absolute atomic E-state index is 0.188. The molecule has 1 rings (SSSR count). The molecule has 8 heteroatoms. The molecule has 1 amide bonds. The largest absolute Gasteiger partial charge is 0.573 e. The van der Waals surface area contributed by atoms with Crippen LogP contribution in [0.4, 0.5) is 18.0 Å². The molecule has 0 bridgehead atoms. The molecule has 0 aromatic heterocycles. The number of aliphatic hydroxyl groups excluding tert-OH is 1. The quantitative estimate of drug-likeness (QED) is 0.894. The predicted octanol–water partition coefficient (Wildman–Crippen LogP) is 3.14. The molecule has 1 atom stereocenters. The average molecular weight is 321 g/mol.